The standard InChI is InChI=1S/C17H12Cl2F2N2O2/c18-10-2-1-3-13(14(10)19)23-16(25)17(6-7-17)15(24)22-9-4-5-11(20)12(21)8-9/h1-5,8H,6-7H2,(H,22,24)(H,23,25). The highest BCUT2D eigenvalue weighted by Crippen LogP contribution is 2.48. The van der Waals surface area contributed by atoms with Gasteiger partial charge >= 0.3 is 0 Å². The Kier molecular flexibility index (Phi) is 4.67. The van der Waals surface area contributed by atoms with Crippen LogP contribution in [0.5, 0.6) is 0 Å². The van der Waals surface area contributed by atoms with Crippen LogP contribution in [0.1, 0.15) is 12.8 Å². The normalized spacial score (nSPS) is 14.7. The molecule has 130 valence electrons. The third-order valence-electron chi connectivity index (χ3n) is 4.00. The van der Waals surface area contributed by atoms with Crippen LogP contribution < -0.4 is 10.6 Å². The van der Waals surface area contributed by atoms with E-state index in [-0.39, 0.29) is 15.7 Å². The molecule has 3 rings (SSSR count). The number of halogens is 4. The smallest absolute Gasteiger partial charge is 0.240 e. The van der Waals surface area contributed by atoms with Gasteiger partial charge in [0.2, 0.25) is 11.8 Å². The van der Waals surface area contributed by atoms with E-state index in [4.69, 9.17) is 23.2 Å². The van der Waals surface area contributed by atoms with Crippen molar-refractivity contribution in [2.24, 2.45) is 5.41 Å². The summed E-state index contributed by atoms with van der Waals surface area (Å²) in [5.74, 6) is -3.23. The highest BCUT2D eigenvalue weighted by atomic mass is 35.5. The van der Waals surface area contributed by atoms with Crippen molar-refractivity contribution < 1.29 is 18.4 Å². The Morgan fingerprint density at radius 2 is 1.64 bits per heavy atom. The number of rotatable bonds is 4. The molecule has 1 aliphatic rings. The summed E-state index contributed by atoms with van der Waals surface area (Å²) in [7, 11) is 0. The molecule has 0 spiro atoms. The second kappa shape index (κ2) is 6.61. The van der Waals surface area contributed by atoms with E-state index in [1.54, 1.807) is 18.2 Å². The lowest BCUT2D eigenvalue weighted by atomic mass is 10.0. The predicted molar refractivity (Wildman–Crippen MR) is 91.7 cm³/mol. The first-order valence-electron chi connectivity index (χ1n) is 7.35. The van der Waals surface area contributed by atoms with E-state index in [9.17, 15) is 18.4 Å². The molecule has 0 bridgehead atoms. The Labute approximate surface area is 152 Å². The molecular formula is C17H12Cl2F2N2O2. The quantitative estimate of drug-likeness (QED) is 0.755. The number of nitrogens with one attached hydrogen (secondary N) is 2. The summed E-state index contributed by atoms with van der Waals surface area (Å²) in [6.45, 7) is 0. The molecule has 2 aromatic carbocycles. The van der Waals surface area contributed by atoms with Gasteiger partial charge < -0.3 is 10.6 Å². The molecule has 1 fully saturated rings. The van der Waals surface area contributed by atoms with Crippen molar-refractivity contribution in [3.8, 4) is 0 Å². The maximum Gasteiger partial charge on any atom is 0.240 e. The summed E-state index contributed by atoms with van der Waals surface area (Å²) in [5.41, 5.74) is -0.897. The zero-order valence-electron chi connectivity index (χ0n) is 12.7. The number of carbonyl (C=O) groups excluding carboxylic acids is 2. The van der Waals surface area contributed by atoms with Crippen LogP contribution in [0.15, 0.2) is 36.4 Å². The second-order valence-electron chi connectivity index (χ2n) is 5.72. The molecule has 0 radical (unpaired) electrons. The third-order valence-corrected chi connectivity index (χ3v) is 4.82. The van der Waals surface area contributed by atoms with Crippen molar-refractivity contribution in [3.05, 3.63) is 58.1 Å². The Bertz CT molecular complexity index is 870. The van der Waals surface area contributed by atoms with Gasteiger partial charge in [0, 0.05) is 11.8 Å². The van der Waals surface area contributed by atoms with Crippen molar-refractivity contribution >= 4 is 46.4 Å². The molecule has 1 aliphatic carbocycles. The van der Waals surface area contributed by atoms with E-state index in [1.165, 1.54) is 6.07 Å². The summed E-state index contributed by atoms with van der Waals surface area (Å²) in [6.07, 6.45) is 0.680. The van der Waals surface area contributed by atoms with Crippen LogP contribution in [0.25, 0.3) is 0 Å². The lowest BCUT2D eigenvalue weighted by Crippen LogP contribution is -2.35. The van der Waals surface area contributed by atoms with Crippen LogP contribution in [0.3, 0.4) is 0 Å². The van der Waals surface area contributed by atoms with Crippen molar-refractivity contribution in [3.63, 3.8) is 0 Å². The molecule has 25 heavy (non-hydrogen) atoms. The van der Waals surface area contributed by atoms with E-state index >= 15 is 0 Å². The maximum atomic E-state index is 13.2. The van der Waals surface area contributed by atoms with Crippen molar-refractivity contribution in [1.82, 2.24) is 0 Å². The fraction of sp³-hybridized carbons (Fsp3) is 0.176. The number of hydrogen-bond donors (Lipinski definition) is 2. The average molecular weight is 385 g/mol. The Morgan fingerprint density at radius 3 is 2.28 bits per heavy atom. The number of benzene rings is 2. The van der Waals surface area contributed by atoms with Crippen molar-refractivity contribution in [1.29, 1.82) is 0 Å². The lowest BCUT2D eigenvalue weighted by molar-refractivity contribution is -0.131. The minimum Gasteiger partial charge on any atom is -0.325 e. The predicted octanol–water partition coefficient (Wildman–Crippen LogP) is 4.63. The minimum absolute atomic E-state index is 0.0729. The molecule has 0 saturated heterocycles. The van der Waals surface area contributed by atoms with Gasteiger partial charge in [-0.1, -0.05) is 29.3 Å². The molecule has 0 aromatic heterocycles. The van der Waals surface area contributed by atoms with Gasteiger partial charge in [-0.05, 0) is 37.1 Å². The van der Waals surface area contributed by atoms with Gasteiger partial charge in [-0.2, -0.15) is 0 Å². The largest absolute Gasteiger partial charge is 0.325 e. The Balaban J connectivity index is 1.74. The first kappa shape index (κ1) is 17.6. The molecule has 0 aliphatic heterocycles. The molecule has 2 N–H and O–H groups in total. The summed E-state index contributed by atoms with van der Waals surface area (Å²) < 4.78 is 26.2. The molecule has 0 heterocycles. The molecule has 0 unspecified atom stereocenters. The van der Waals surface area contributed by atoms with Crippen LogP contribution in [-0.2, 0) is 9.59 Å². The molecule has 4 nitrogen and oxygen atoms in total. The highest BCUT2D eigenvalue weighted by Gasteiger charge is 2.56. The lowest BCUT2D eigenvalue weighted by Gasteiger charge is -2.16. The molecule has 8 heteroatoms. The first-order valence-corrected chi connectivity index (χ1v) is 8.11. The van der Waals surface area contributed by atoms with Crippen LogP contribution in [-0.4, -0.2) is 11.8 Å². The Hall–Kier alpha value is -2.18. The van der Waals surface area contributed by atoms with Crippen molar-refractivity contribution in [2.75, 3.05) is 10.6 Å². The zero-order valence-corrected chi connectivity index (χ0v) is 14.2. The van der Waals surface area contributed by atoms with Gasteiger partial charge in [0.25, 0.3) is 0 Å². The van der Waals surface area contributed by atoms with Gasteiger partial charge in [0.1, 0.15) is 5.41 Å². The number of carbonyl (C=O) groups is 2. The van der Waals surface area contributed by atoms with Gasteiger partial charge in [-0.3, -0.25) is 9.59 Å². The van der Waals surface area contributed by atoms with Crippen LogP contribution in [0.4, 0.5) is 20.2 Å². The topological polar surface area (TPSA) is 58.2 Å². The number of anilines is 2. The zero-order chi connectivity index (χ0) is 18.2. The van der Waals surface area contributed by atoms with E-state index in [1.807, 2.05) is 0 Å². The molecule has 0 atom stereocenters. The molecule has 2 aromatic rings. The van der Waals surface area contributed by atoms with Crippen molar-refractivity contribution in [2.45, 2.75) is 12.8 Å². The molecule has 2 amide bonds. The first-order chi connectivity index (χ1) is 11.8. The molecular weight excluding hydrogens is 373 g/mol. The minimum atomic E-state index is -1.27. The van der Waals surface area contributed by atoms with Crippen LogP contribution >= 0.6 is 23.2 Å². The summed E-state index contributed by atoms with van der Waals surface area (Å²) in [5, 5.41) is 5.48. The van der Waals surface area contributed by atoms with E-state index < -0.39 is 28.9 Å². The van der Waals surface area contributed by atoms with Gasteiger partial charge in [-0.15, -0.1) is 0 Å². The average Bonchev–Trinajstić information content (AvgIpc) is 3.37. The second-order valence-corrected chi connectivity index (χ2v) is 6.51. The van der Waals surface area contributed by atoms with Gasteiger partial charge in [0.15, 0.2) is 11.6 Å². The number of amides is 2. The fourth-order valence-corrected chi connectivity index (χ4v) is 2.70. The maximum absolute atomic E-state index is 13.2. The molecule has 1 saturated carbocycles. The van der Waals surface area contributed by atoms with Gasteiger partial charge in [0.05, 0.1) is 15.7 Å². The monoisotopic (exact) mass is 384 g/mol. The van der Waals surface area contributed by atoms with Crippen LogP contribution in [0, 0.1) is 17.0 Å². The van der Waals surface area contributed by atoms with E-state index in [0.29, 0.717) is 18.5 Å². The van der Waals surface area contributed by atoms with E-state index in [0.717, 1.165) is 12.1 Å². The van der Waals surface area contributed by atoms with Gasteiger partial charge in [-0.25, -0.2) is 8.78 Å². The fourth-order valence-electron chi connectivity index (χ4n) is 2.35. The van der Waals surface area contributed by atoms with Crippen LogP contribution in [0.2, 0.25) is 10.0 Å². The highest BCUT2D eigenvalue weighted by molar-refractivity contribution is 6.44. The third kappa shape index (κ3) is 3.45. The SMILES string of the molecule is O=C(Nc1ccc(F)c(F)c1)C1(C(=O)Nc2cccc(Cl)c2Cl)CC1. The van der Waals surface area contributed by atoms with E-state index in [2.05, 4.69) is 10.6 Å². The summed E-state index contributed by atoms with van der Waals surface area (Å²) >= 11 is 11.9. The Morgan fingerprint density at radius 1 is 0.960 bits per heavy atom. The summed E-state index contributed by atoms with van der Waals surface area (Å²) in [4.78, 5) is 24.9. The number of hydrogen-bond acceptors (Lipinski definition) is 2. The summed E-state index contributed by atoms with van der Waals surface area (Å²) in [6, 6.07) is 7.73.